The molecule has 0 spiro atoms. The number of benzene rings is 1. The van der Waals surface area contributed by atoms with Gasteiger partial charge in [0.05, 0.1) is 12.2 Å². The average molecular weight is 403 g/mol. The van der Waals surface area contributed by atoms with Gasteiger partial charge < -0.3 is 0 Å². The van der Waals surface area contributed by atoms with Crippen molar-refractivity contribution < 1.29 is 4.39 Å². The molecule has 0 aliphatic carbocycles. The van der Waals surface area contributed by atoms with Crippen LogP contribution in [0.5, 0.6) is 0 Å². The molecule has 142 valence electrons. The van der Waals surface area contributed by atoms with Gasteiger partial charge in [-0.1, -0.05) is 26.0 Å². The molecule has 27 heavy (non-hydrogen) atoms. The smallest absolute Gasteiger partial charge is 0.199 e. The lowest BCUT2D eigenvalue weighted by molar-refractivity contribution is 0.189. The predicted octanol–water partition coefficient (Wildman–Crippen LogP) is 4.95. The molecule has 7 heteroatoms. The molecule has 0 unspecified atom stereocenters. The van der Waals surface area contributed by atoms with Crippen LogP contribution in [-0.2, 0) is 26.2 Å². The molecule has 1 aromatic carbocycles. The van der Waals surface area contributed by atoms with Crippen LogP contribution in [0.2, 0.25) is 0 Å². The number of nitrogens with zero attached hydrogens (tertiary/aromatic N) is 4. The highest BCUT2D eigenvalue weighted by Crippen LogP contribution is 2.26. The summed E-state index contributed by atoms with van der Waals surface area (Å²) in [4.78, 5) is 3.83. The Morgan fingerprint density at radius 1 is 1.26 bits per heavy atom. The average Bonchev–Trinajstić information content (AvgIpc) is 3.21. The minimum Gasteiger partial charge on any atom is -0.300 e. The molecule has 3 aromatic rings. The van der Waals surface area contributed by atoms with E-state index >= 15 is 0 Å². The number of hydrogen-bond donors (Lipinski definition) is 0. The highest BCUT2D eigenvalue weighted by molar-refractivity contribution is 7.71. The minimum atomic E-state index is -0.268. The summed E-state index contributed by atoms with van der Waals surface area (Å²) in [7, 11) is 0. The van der Waals surface area contributed by atoms with Crippen molar-refractivity contribution in [2.75, 3.05) is 6.54 Å². The van der Waals surface area contributed by atoms with Gasteiger partial charge in [-0.2, -0.15) is 5.10 Å². The molecule has 0 N–H and O–H groups in total. The van der Waals surface area contributed by atoms with Crippen LogP contribution in [0.3, 0.4) is 0 Å². The summed E-state index contributed by atoms with van der Waals surface area (Å²) in [5, 5.41) is 6.89. The van der Waals surface area contributed by atoms with Crippen LogP contribution in [0.15, 0.2) is 35.7 Å². The molecule has 3 heterocycles. The van der Waals surface area contributed by atoms with E-state index in [-0.39, 0.29) is 5.82 Å². The summed E-state index contributed by atoms with van der Waals surface area (Å²) in [5.41, 5.74) is 1.90. The van der Waals surface area contributed by atoms with Crippen LogP contribution in [-0.4, -0.2) is 25.8 Å². The van der Waals surface area contributed by atoms with E-state index in [1.54, 1.807) is 12.1 Å². The van der Waals surface area contributed by atoms with Crippen LogP contribution in [0.1, 0.15) is 24.3 Å². The maximum absolute atomic E-state index is 14.4. The standard InChI is InChI=1S/C20H23FN4S2/c1-14(2)11-24-19(16-5-3-4-6-17(16)21)22-25(20(24)26)13-23-9-7-18-15(12-23)8-10-27-18/h3-6,8,10,14H,7,9,11-13H2,1-2H3. The molecule has 0 radical (unpaired) electrons. The van der Waals surface area contributed by atoms with Gasteiger partial charge in [0.25, 0.3) is 0 Å². The van der Waals surface area contributed by atoms with E-state index < -0.39 is 0 Å². The quantitative estimate of drug-likeness (QED) is 0.565. The SMILES string of the molecule is CC(C)Cn1c(-c2ccccc2F)nn(CN2CCc3sccc3C2)c1=S. The van der Waals surface area contributed by atoms with E-state index in [0.717, 1.165) is 26.1 Å². The van der Waals surface area contributed by atoms with Gasteiger partial charge in [0.2, 0.25) is 0 Å². The van der Waals surface area contributed by atoms with Gasteiger partial charge in [0, 0.05) is 24.5 Å². The third-order valence-corrected chi connectivity index (χ3v) is 6.26. The number of hydrogen-bond acceptors (Lipinski definition) is 4. The molecular formula is C20H23FN4S2. The molecule has 2 aromatic heterocycles. The molecule has 0 atom stereocenters. The zero-order valence-corrected chi connectivity index (χ0v) is 17.2. The Kier molecular flexibility index (Phi) is 5.25. The topological polar surface area (TPSA) is 26.0 Å². The number of rotatable bonds is 5. The van der Waals surface area contributed by atoms with Crippen LogP contribution >= 0.6 is 23.6 Å². The van der Waals surface area contributed by atoms with Crippen LogP contribution < -0.4 is 0 Å². The fourth-order valence-electron chi connectivity index (χ4n) is 3.52. The first-order valence-corrected chi connectivity index (χ1v) is 10.5. The lowest BCUT2D eigenvalue weighted by Crippen LogP contribution is -2.32. The molecule has 4 nitrogen and oxygen atoms in total. The van der Waals surface area contributed by atoms with E-state index in [4.69, 9.17) is 17.3 Å². The molecule has 4 rings (SSSR count). The lowest BCUT2D eigenvalue weighted by atomic mass is 10.1. The first kappa shape index (κ1) is 18.5. The summed E-state index contributed by atoms with van der Waals surface area (Å²) in [6.45, 7) is 7.51. The van der Waals surface area contributed by atoms with E-state index in [1.807, 2.05) is 26.7 Å². The van der Waals surface area contributed by atoms with Crippen molar-refractivity contribution in [3.63, 3.8) is 0 Å². The van der Waals surface area contributed by atoms with Crippen LogP contribution in [0, 0.1) is 16.5 Å². The van der Waals surface area contributed by atoms with Crippen molar-refractivity contribution in [3.05, 3.63) is 56.7 Å². The largest absolute Gasteiger partial charge is 0.300 e. The normalized spacial score (nSPS) is 14.7. The summed E-state index contributed by atoms with van der Waals surface area (Å²) >= 11 is 7.55. The highest BCUT2D eigenvalue weighted by Gasteiger charge is 2.21. The molecule has 1 aliphatic heterocycles. The lowest BCUT2D eigenvalue weighted by Gasteiger charge is -2.26. The molecule has 1 aliphatic rings. The van der Waals surface area contributed by atoms with Crippen LogP contribution in [0.4, 0.5) is 4.39 Å². The van der Waals surface area contributed by atoms with E-state index in [9.17, 15) is 4.39 Å². The van der Waals surface area contributed by atoms with Gasteiger partial charge in [-0.25, -0.2) is 9.07 Å². The maximum Gasteiger partial charge on any atom is 0.199 e. The van der Waals surface area contributed by atoms with Crippen LogP contribution in [0.25, 0.3) is 11.4 Å². The highest BCUT2D eigenvalue weighted by atomic mass is 32.1. The summed E-state index contributed by atoms with van der Waals surface area (Å²) < 4.78 is 18.9. The Labute approximate surface area is 167 Å². The van der Waals surface area contributed by atoms with Crippen molar-refractivity contribution in [1.82, 2.24) is 19.2 Å². The Morgan fingerprint density at radius 3 is 2.85 bits per heavy atom. The number of aromatic nitrogens is 3. The van der Waals surface area contributed by atoms with Crippen molar-refractivity contribution >= 4 is 23.6 Å². The Morgan fingerprint density at radius 2 is 2.07 bits per heavy atom. The molecule has 0 saturated heterocycles. The van der Waals surface area contributed by atoms with Crippen molar-refractivity contribution in [3.8, 4) is 11.4 Å². The molecule has 0 saturated carbocycles. The minimum absolute atomic E-state index is 0.268. The Bertz CT molecular complexity index is 1000. The fourth-order valence-corrected chi connectivity index (χ4v) is 4.67. The van der Waals surface area contributed by atoms with Gasteiger partial charge in [0.1, 0.15) is 5.82 Å². The molecule has 0 bridgehead atoms. The third-order valence-electron chi connectivity index (χ3n) is 4.81. The van der Waals surface area contributed by atoms with Crippen molar-refractivity contribution in [1.29, 1.82) is 0 Å². The Hall–Kier alpha value is -1.83. The Balaban J connectivity index is 1.68. The molecule has 0 fully saturated rings. The van der Waals surface area contributed by atoms with Crippen molar-refractivity contribution in [2.45, 2.75) is 40.0 Å². The van der Waals surface area contributed by atoms with Gasteiger partial charge in [-0.3, -0.25) is 9.47 Å². The summed E-state index contributed by atoms with van der Waals surface area (Å²) in [5.74, 6) is 0.735. The van der Waals surface area contributed by atoms with Crippen molar-refractivity contribution in [2.24, 2.45) is 5.92 Å². The number of thiophene rings is 1. The second-order valence-electron chi connectivity index (χ2n) is 7.40. The van der Waals surface area contributed by atoms with Gasteiger partial charge in [0.15, 0.2) is 10.6 Å². The monoisotopic (exact) mass is 402 g/mol. The first-order chi connectivity index (χ1) is 13.0. The van der Waals surface area contributed by atoms with E-state index in [1.165, 1.54) is 16.5 Å². The van der Waals surface area contributed by atoms with Gasteiger partial charge in [-0.05, 0) is 53.7 Å². The van der Waals surface area contributed by atoms with Gasteiger partial charge in [-0.15, -0.1) is 11.3 Å². The first-order valence-electron chi connectivity index (χ1n) is 9.23. The fraction of sp³-hybridized carbons (Fsp3) is 0.400. The zero-order chi connectivity index (χ0) is 19.0. The summed E-state index contributed by atoms with van der Waals surface area (Å²) in [6.07, 6.45) is 1.06. The zero-order valence-electron chi connectivity index (χ0n) is 15.6. The van der Waals surface area contributed by atoms with E-state index in [0.29, 0.717) is 28.7 Å². The predicted molar refractivity (Wildman–Crippen MR) is 110 cm³/mol. The second kappa shape index (κ2) is 7.66. The number of halogens is 1. The molecular weight excluding hydrogens is 379 g/mol. The number of fused-ring (bicyclic) bond motifs is 1. The van der Waals surface area contributed by atoms with Gasteiger partial charge >= 0.3 is 0 Å². The maximum atomic E-state index is 14.4. The third kappa shape index (κ3) is 3.77. The van der Waals surface area contributed by atoms with E-state index in [2.05, 4.69) is 30.2 Å². The molecule has 0 amide bonds. The second-order valence-corrected chi connectivity index (χ2v) is 8.77. The summed E-state index contributed by atoms with van der Waals surface area (Å²) in [6, 6.07) is 8.98.